The van der Waals surface area contributed by atoms with Gasteiger partial charge in [-0.3, -0.25) is 9.59 Å². The molecule has 0 unspecified atom stereocenters. The lowest BCUT2D eigenvalue weighted by atomic mass is 10.1. The van der Waals surface area contributed by atoms with E-state index in [9.17, 15) is 19.8 Å². The minimum absolute atomic E-state index is 0.127. The summed E-state index contributed by atoms with van der Waals surface area (Å²) in [6.45, 7) is 1.55. The average molecular weight is 420 g/mol. The number of nitrogens with zero attached hydrogens (tertiary/aromatic N) is 4. The van der Waals surface area contributed by atoms with Gasteiger partial charge in [-0.05, 0) is 25.1 Å². The van der Waals surface area contributed by atoms with E-state index in [1.807, 2.05) is 61.5 Å². The van der Waals surface area contributed by atoms with Gasteiger partial charge in [0.2, 0.25) is 0 Å². The molecule has 0 aliphatic carbocycles. The number of amides is 1. The molecule has 0 aliphatic heterocycles. The van der Waals surface area contributed by atoms with Gasteiger partial charge in [-0.2, -0.15) is 5.10 Å². The van der Waals surface area contributed by atoms with Gasteiger partial charge in [-0.15, -0.1) is 0 Å². The summed E-state index contributed by atoms with van der Waals surface area (Å²) < 4.78 is 2.81. The number of fused-ring (bicyclic) bond motifs is 3. The van der Waals surface area contributed by atoms with Gasteiger partial charge >= 0.3 is 0 Å². The van der Waals surface area contributed by atoms with Crippen molar-refractivity contribution in [2.75, 3.05) is 18.1 Å². The van der Waals surface area contributed by atoms with Crippen molar-refractivity contribution in [3.63, 3.8) is 0 Å². The maximum absolute atomic E-state index is 13.7. The summed E-state index contributed by atoms with van der Waals surface area (Å²) in [5, 5.41) is 24.8. The molecule has 8 heteroatoms. The van der Waals surface area contributed by atoms with Crippen molar-refractivity contribution in [2.24, 2.45) is 7.05 Å². The standard InChI is InChI=1S/C23H24N4O4/c1-3-26(15-9-5-4-6-10-15)22(30)20-19-17-11-7-8-12-18(17)25(2)21(19)23(31)27(24-20)13-16(29)14-28/h4-12,16,28-29H,3,13-14H2,1-2H3/t16-/m1/s1. The molecule has 31 heavy (non-hydrogen) atoms. The predicted octanol–water partition coefficient (Wildman–Crippen LogP) is 1.91. The zero-order valence-electron chi connectivity index (χ0n) is 17.4. The van der Waals surface area contributed by atoms with Crippen LogP contribution in [0.25, 0.3) is 21.8 Å². The highest BCUT2D eigenvalue weighted by Crippen LogP contribution is 2.29. The molecule has 0 saturated carbocycles. The van der Waals surface area contributed by atoms with E-state index in [-0.39, 0.29) is 18.1 Å². The Morgan fingerprint density at radius 3 is 2.48 bits per heavy atom. The van der Waals surface area contributed by atoms with Crippen LogP contribution in [-0.2, 0) is 13.6 Å². The number of carbonyl (C=O) groups is 1. The van der Waals surface area contributed by atoms with Gasteiger partial charge < -0.3 is 19.7 Å². The summed E-state index contributed by atoms with van der Waals surface area (Å²) in [4.78, 5) is 28.5. The van der Waals surface area contributed by atoms with Crippen molar-refractivity contribution >= 4 is 33.4 Å². The Bertz CT molecular complexity index is 1310. The van der Waals surface area contributed by atoms with Crippen molar-refractivity contribution in [3.05, 3.63) is 70.6 Å². The number of aromatic nitrogens is 3. The van der Waals surface area contributed by atoms with Crippen LogP contribution in [0.2, 0.25) is 0 Å². The van der Waals surface area contributed by atoms with Crippen LogP contribution in [0.4, 0.5) is 5.69 Å². The summed E-state index contributed by atoms with van der Waals surface area (Å²) in [7, 11) is 1.77. The van der Waals surface area contributed by atoms with Crippen LogP contribution < -0.4 is 10.5 Å². The Balaban J connectivity index is 2.03. The number of para-hydroxylation sites is 2. The minimum atomic E-state index is -1.17. The lowest BCUT2D eigenvalue weighted by molar-refractivity contribution is 0.0766. The van der Waals surface area contributed by atoms with E-state index in [2.05, 4.69) is 5.10 Å². The van der Waals surface area contributed by atoms with Gasteiger partial charge in [0, 0.05) is 35.6 Å². The molecule has 2 aromatic carbocycles. The van der Waals surface area contributed by atoms with Crippen LogP contribution in [0.1, 0.15) is 17.4 Å². The summed E-state index contributed by atoms with van der Waals surface area (Å²) in [6.07, 6.45) is -1.17. The molecule has 8 nitrogen and oxygen atoms in total. The molecule has 2 aromatic heterocycles. The second kappa shape index (κ2) is 8.33. The van der Waals surface area contributed by atoms with Gasteiger partial charge in [0.25, 0.3) is 11.5 Å². The molecule has 0 saturated heterocycles. The lowest BCUT2D eigenvalue weighted by Gasteiger charge is -2.21. The maximum Gasteiger partial charge on any atom is 0.291 e. The highest BCUT2D eigenvalue weighted by Gasteiger charge is 2.26. The third kappa shape index (κ3) is 3.49. The van der Waals surface area contributed by atoms with E-state index >= 15 is 0 Å². The Morgan fingerprint density at radius 2 is 1.81 bits per heavy atom. The van der Waals surface area contributed by atoms with Crippen molar-refractivity contribution in [1.82, 2.24) is 14.3 Å². The van der Waals surface area contributed by atoms with E-state index in [1.54, 1.807) is 16.5 Å². The number of hydrogen-bond donors (Lipinski definition) is 2. The number of aliphatic hydroxyl groups is 2. The molecule has 0 spiro atoms. The first kappa shape index (κ1) is 20.8. The summed E-state index contributed by atoms with van der Waals surface area (Å²) in [5.41, 5.74) is 1.54. The molecular weight excluding hydrogens is 396 g/mol. The van der Waals surface area contributed by atoms with E-state index in [4.69, 9.17) is 0 Å². The smallest absolute Gasteiger partial charge is 0.291 e. The maximum atomic E-state index is 13.7. The van der Waals surface area contributed by atoms with E-state index in [1.165, 1.54) is 0 Å². The second-order valence-electron chi connectivity index (χ2n) is 7.36. The first-order chi connectivity index (χ1) is 15.0. The fraction of sp³-hybridized carbons (Fsp3) is 0.261. The number of anilines is 1. The largest absolute Gasteiger partial charge is 0.394 e. The van der Waals surface area contributed by atoms with Gasteiger partial charge in [0.1, 0.15) is 5.52 Å². The Hall–Kier alpha value is -3.49. The number of hydrogen-bond acceptors (Lipinski definition) is 5. The Kier molecular flexibility index (Phi) is 5.58. The highest BCUT2D eigenvalue weighted by molar-refractivity contribution is 6.20. The van der Waals surface area contributed by atoms with Crippen molar-refractivity contribution in [3.8, 4) is 0 Å². The normalized spacial score (nSPS) is 12.4. The van der Waals surface area contributed by atoms with E-state index < -0.39 is 18.3 Å². The lowest BCUT2D eigenvalue weighted by Crippen LogP contribution is -2.36. The molecule has 1 amide bonds. The van der Waals surface area contributed by atoms with Crippen LogP contribution in [0.5, 0.6) is 0 Å². The van der Waals surface area contributed by atoms with Crippen LogP contribution in [0, 0.1) is 0 Å². The monoisotopic (exact) mass is 420 g/mol. The molecule has 2 heterocycles. The summed E-state index contributed by atoms with van der Waals surface area (Å²) >= 11 is 0. The quantitative estimate of drug-likeness (QED) is 0.496. The zero-order chi connectivity index (χ0) is 22.1. The van der Waals surface area contributed by atoms with Crippen molar-refractivity contribution < 1.29 is 15.0 Å². The van der Waals surface area contributed by atoms with E-state index in [0.29, 0.717) is 17.4 Å². The molecule has 1 atom stereocenters. The van der Waals surface area contributed by atoms with Crippen molar-refractivity contribution in [2.45, 2.75) is 19.6 Å². The third-order valence-electron chi connectivity index (χ3n) is 5.43. The average Bonchev–Trinajstić information content (AvgIpc) is 3.10. The number of benzene rings is 2. The molecule has 4 rings (SSSR count). The van der Waals surface area contributed by atoms with Crippen LogP contribution in [-0.4, -0.2) is 49.7 Å². The molecule has 4 aromatic rings. The molecule has 0 radical (unpaired) electrons. The topological polar surface area (TPSA) is 101 Å². The molecule has 160 valence electrons. The zero-order valence-corrected chi connectivity index (χ0v) is 17.4. The summed E-state index contributed by atoms with van der Waals surface area (Å²) in [5.74, 6) is -0.345. The number of carbonyl (C=O) groups excluding carboxylic acids is 1. The summed E-state index contributed by atoms with van der Waals surface area (Å²) in [6, 6.07) is 16.7. The van der Waals surface area contributed by atoms with E-state index in [0.717, 1.165) is 21.3 Å². The van der Waals surface area contributed by atoms with Gasteiger partial charge in [-0.1, -0.05) is 36.4 Å². The highest BCUT2D eigenvalue weighted by atomic mass is 16.3. The third-order valence-corrected chi connectivity index (χ3v) is 5.43. The first-order valence-corrected chi connectivity index (χ1v) is 10.1. The fourth-order valence-electron chi connectivity index (χ4n) is 3.93. The Labute approximate surface area is 178 Å². The van der Waals surface area contributed by atoms with Crippen LogP contribution >= 0.6 is 0 Å². The molecule has 0 fully saturated rings. The number of aryl methyl sites for hydroxylation is 1. The van der Waals surface area contributed by atoms with Crippen LogP contribution in [0.3, 0.4) is 0 Å². The Morgan fingerprint density at radius 1 is 1.13 bits per heavy atom. The first-order valence-electron chi connectivity index (χ1n) is 10.1. The van der Waals surface area contributed by atoms with Gasteiger partial charge in [0.05, 0.1) is 19.3 Å². The molecule has 2 N–H and O–H groups in total. The SMILES string of the molecule is CCN(C(=O)c1nn(C[C@@H](O)CO)c(=O)c2c1c1ccccc1n2C)c1ccccc1. The van der Waals surface area contributed by atoms with Gasteiger partial charge in [-0.25, -0.2) is 4.68 Å². The molecule has 0 aliphatic rings. The molecule has 0 bridgehead atoms. The van der Waals surface area contributed by atoms with Gasteiger partial charge in [0.15, 0.2) is 5.69 Å². The fourth-order valence-corrected chi connectivity index (χ4v) is 3.93. The predicted molar refractivity (Wildman–Crippen MR) is 119 cm³/mol. The minimum Gasteiger partial charge on any atom is -0.394 e. The second-order valence-corrected chi connectivity index (χ2v) is 7.36. The number of aliphatic hydroxyl groups excluding tert-OH is 2. The number of rotatable bonds is 6. The molecular formula is C23H24N4O4. The van der Waals surface area contributed by atoms with Crippen molar-refractivity contribution in [1.29, 1.82) is 0 Å². The van der Waals surface area contributed by atoms with Crippen LogP contribution in [0.15, 0.2) is 59.4 Å².